The summed E-state index contributed by atoms with van der Waals surface area (Å²) in [6.07, 6.45) is 10.7. The molecule has 0 saturated heterocycles. The molecular weight excluding hydrogens is 212 g/mol. The summed E-state index contributed by atoms with van der Waals surface area (Å²) in [6, 6.07) is 0.232. The first kappa shape index (κ1) is 12.3. The highest BCUT2D eigenvalue weighted by atomic mass is 15.3. The van der Waals surface area contributed by atoms with Crippen molar-refractivity contribution in [2.75, 3.05) is 0 Å². The van der Waals surface area contributed by atoms with Gasteiger partial charge in [0, 0.05) is 19.0 Å². The van der Waals surface area contributed by atoms with Crippen LogP contribution in [0.1, 0.15) is 44.9 Å². The fraction of sp³-hybridized carbons (Fsp3) is 0.692. The lowest BCUT2D eigenvalue weighted by Crippen LogP contribution is -2.16. The van der Waals surface area contributed by atoms with E-state index in [1.807, 2.05) is 4.68 Å². The van der Waals surface area contributed by atoms with E-state index < -0.39 is 0 Å². The zero-order chi connectivity index (χ0) is 12.1. The van der Waals surface area contributed by atoms with Crippen LogP contribution in [0.25, 0.3) is 0 Å². The lowest BCUT2D eigenvalue weighted by molar-refractivity contribution is 0.572. The molecule has 1 aliphatic rings. The highest BCUT2D eigenvalue weighted by molar-refractivity contribution is 5.13. The van der Waals surface area contributed by atoms with Gasteiger partial charge in [-0.05, 0) is 25.7 Å². The lowest BCUT2D eigenvalue weighted by Gasteiger charge is -2.08. The number of rotatable bonds is 4. The number of hydrogen-bond acceptors (Lipinski definition) is 3. The highest BCUT2D eigenvalue weighted by Crippen LogP contribution is 2.19. The maximum absolute atomic E-state index is 6.03. The van der Waals surface area contributed by atoms with Gasteiger partial charge in [-0.1, -0.05) is 25.0 Å². The summed E-state index contributed by atoms with van der Waals surface area (Å²) in [4.78, 5) is 4.35. The third kappa shape index (κ3) is 3.40. The first-order valence-corrected chi connectivity index (χ1v) is 6.61. The fourth-order valence-electron chi connectivity index (χ4n) is 2.38. The van der Waals surface area contributed by atoms with Crippen LogP contribution in [0.5, 0.6) is 0 Å². The summed E-state index contributed by atoms with van der Waals surface area (Å²) in [7, 11) is 0. The van der Waals surface area contributed by atoms with E-state index >= 15 is 0 Å². The van der Waals surface area contributed by atoms with Gasteiger partial charge < -0.3 is 5.73 Å². The maximum Gasteiger partial charge on any atom is 0.138 e. The molecule has 0 aliphatic heterocycles. The molecule has 0 amide bonds. The van der Waals surface area contributed by atoms with Crippen LogP contribution in [0.3, 0.4) is 0 Å². The van der Waals surface area contributed by atoms with Gasteiger partial charge in [0.2, 0.25) is 0 Å². The SMILES string of the molecule is CCCn1ncnc1CC1=CC(N)CCCC1. The van der Waals surface area contributed by atoms with Crippen molar-refractivity contribution in [2.45, 2.75) is 58.0 Å². The molecule has 4 heteroatoms. The van der Waals surface area contributed by atoms with Crippen LogP contribution in [-0.4, -0.2) is 20.8 Å². The van der Waals surface area contributed by atoms with E-state index in [9.17, 15) is 0 Å². The first-order valence-electron chi connectivity index (χ1n) is 6.61. The summed E-state index contributed by atoms with van der Waals surface area (Å²) in [5.41, 5.74) is 7.46. The third-order valence-corrected chi connectivity index (χ3v) is 3.25. The minimum atomic E-state index is 0.232. The van der Waals surface area contributed by atoms with Crippen molar-refractivity contribution in [3.05, 3.63) is 23.8 Å². The second-order valence-corrected chi connectivity index (χ2v) is 4.81. The molecule has 0 fully saturated rings. The average Bonchev–Trinajstić information content (AvgIpc) is 2.61. The van der Waals surface area contributed by atoms with E-state index in [1.54, 1.807) is 6.33 Å². The lowest BCUT2D eigenvalue weighted by atomic mass is 10.1. The molecule has 17 heavy (non-hydrogen) atoms. The molecular formula is C13H22N4. The molecule has 0 radical (unpaired) electrons. The Morgan fingerprint density at radius 2 is 2.35 bits per heavy atom. The minimum absolute atomic E-state index is 0.232. The zero-order valence-corrected chi connectivity index (χ0v) is 10.6. The van der Waals surface area contributed by atoms with Crippen molar-refractivity contribution in [2.24, 2.45) is 5.73 Å². The summed E-state index contributed by atoms with van der Waals surface area (Å²) < 4.78 is 2.01. The van der Waals surface area contributed by atoms with E-state index in [0.717, 1.165) is 38.1 Å². The summed E-state index contributed by atoms with van der Waals surface area (Å²) in [6.45, 7) is 3.11. The van der Waals surface area contributed by atoms with Gasteiger partial charge in [0.25, 0.3) is 0 Å². The molecule has 1 aromatic rings. The number of nitrogens with zero attached hydrogens (tertiary/aromatic N) is 3. The molecule has 0 bridgehead atoms. The first-order chi connectivity index (χ1) is 8.29. The predicted molar refractivity (Wildman–Crippen MR) is 68.5 cm³/mol. The van der Waals surface area contributed by atoms with Gasteiger partial charge in [0.1, 0.15) is 12.2 Å². The fourth-order valence-corrected chi connectivity index (χ4v) is 2.38. The van der Waals surface area contributed by atoms with Crippen LogP contribution >= 0.6 is 0 Å². The van der Waals surface area contributed by atoms with Gasteiger partial charge in [-0.25, -0.2) is 9.67 Å². The number of aromatic nitrogens is 3. The molecule has 4 nitrogen and oxygen atoms in total. The van der Waals surface area contributed by atoms with Crippen molar-refractivity contribution in [3.8, 4) is 0 Å². The Morgan fingerprint density at radius 3 is 3.18 bits per heavy atom. The molecule has 2 rings (SSSR count). The normalized spacial score (nSPS) is 21.1. The minimum Gasteiger partial charge on any atom is -0.324 e. The average molecular weight is 234 g/mol. The topological polar surface area (TPSA) is 56.7 Å². The Labute approximate surface area is 103 Å². The number of aryl methyl sites for hydroxylation is 1. The Balaban J connectivity index is 2.05. The molecule has 1 aromatic heterocycles. The van der Waals surface area contributed by atoms with Crippen molar-refractivity contribution < 1.29 is 0 Å². The van der Waals surface area contributed by atoms with E-state index in [1.165, 1.54) is 18.4 Å². The quantitative estimate of drug-likeness (QED) is 0.811. The molecule has 94 valence electrons. The molecule has 0 aromatic carbocycles. The smallest absolute Gasteiger partial charge is 0.138 e. The number of allylic oxidation sites excluding steroid dienone is 1. The molecule has 1 atom stereocenters. The van der Waals surface area contributed by atoms with Crippen molar-refractivity contribution >= 4 is 0 Å². The van der Waals surface area contributed by atoms with E-state index in [0.29, 0.717) is 0 Å². The largest absolute Gasteiger partial charge is 0.324 e. The Bertz CT molecular complexity index is 381. The molecule has 1 aliphatic carbocycles. The van der Waals surface area contributed by atoms with E-state index in [4.69, 9.17) is 5.73 Å². The number of hydrogen-bond donors (Lipinski definition) is 1. The van der Waals surface area contributed by atoms with Crippen molar-refractivity contribution in [3.63, 3.8) is 0 Å². The number of nitrogens with two attached hydrogens (primary N) is 1. The molecule has 1 unspecified atom stereocenters. The van der Waals surface area contributed by atoms with Crippen LogP contribution < -0.4 is 5.73 Å². The van der Waals surface area contributed by atoms with Crippen LogP contribution in [0.15, 0.2) is 18.0 Å². The summed E-state index contributed by atoms with van der Waals surface area (Å²) in [5, 5.41) is 4.26. The Hall–Kier alpha value is -1.16. The molecule has 2 N–H and O–H groups in total. The monoisotopic (exact) mass is 234 g/mol. The maximum atomic E-state index is 6.03. The van der Waals surface area contributed by atoms with E-state index in [-0.39, 0.29) is 6.04 Å². The highest BCUT2D eigenvalue weighted by Gasteiger charge is 2.11. The standard InChI is InChI=1S/C13H22N4/c1-2-7-17-13(15-10-16-17)9-11-5-3-4-6-12(14)8-11/h8,10,12H,2-7,9,14H2,1H3. The van der Waals surface area contributed by atoms with Crippen LogP contribution in [0.2, 0.25) is 0 Å². The molecule has 0 spiro atoms. The summed E-state index contributed by atoms with van der Waals surface area (Å²) in [5.74, 6) is 1.08. The van der Waals surface area contributed by atoms with E-state index in [2.05, 4.69) is 23.1 Å². The second kappa shape index (κ2) is 5.96. The van der Waals surface area contributed by atoms with Crippen LogP contribution in [-0.2, 0) is 13.0 Å². The van der Waals surface area contributed by atoms with Gasteiger partial charge in [0.15, 0.2) is 0 Å². The molecule has 1 heterocycles. The van der Waals surface area contributed by atoms with Crippen LogP contribution in [0.4, 0.5) is 0 Å². The summed E-state index contributed by atoms with van der Waals surface area (Å²) >= 11 is 0. The van der Waals surface area contributed by atoms with Crippen LogP contribution in [0, 0.1) is 0 Å². The predicted octanol–water partition coefficient (Wildman–Crippen LogP) is 2.06. The molecule has 0 saturated carbocycles. The van der Waals surface area contributed by atoms with Gasteiger partial charge in [-0.2, -0.15) is 5.10 Å². The zero-order valence-electron chi connectivity index (χ0n) is 10.6. The Kier molecular flexibility index (Phi) is 4.31. The van der Waals surface area contributed by atoms with Gasteiger partial charge >= 0.3 is 0 Å². The third-order valence-electron chi connectivity index (χ3n) is 3.25. The van der Waals surface area contributed by atoms with Gasteiger partial charge in [-0.3, -0.25) is 0 Å². The van der Waals surface area contributed by atoms with Crippen molar-refractivity contribution in [1.29, 1.82) is 0 Å². The van der Waals surface area contributed by atoms with Gasteiger partial charge in [-0.15, -0.1) is 0 Å². The van der Waals surface area contributed by atoms with Gasteiger partial charge in [0.05, 0.1) is 0 Å². The Morgan fingerprint density at radius 1 is 1.47 bits per heavy atom. The second-order valence-electron chi connectivity index (χ2n) is 4.81. The van der Waals surface area contributed by atoms with Crippen molar-refractivity contribution in [1.82, 2.24) is 14.8 Å².